The van der Waals surface area contributed by atoms with Gasteiger partial charge in [-0.3, -0.25) is 0 Å². The van der Waals surface area contributed by atoms with Crippen molar-refractivity contribution < 1.29 is 4.39 Å². The minimum absolute atomic E-state index is 0.0514. The second-order valence-electron chi connectivity index (χ2n) is 7.12. The molecule has 6 heteroatoms. The lowest BCUT2D eigenvalue weighted by molar-refractivity contribution is 0.166. The maximum Gasteiger partial charge on any atom is 0.231 e. The Morgan fingerprint density at radius 3 is 2.60 bits per heavy atom. The van der Waals surface area contributed by atoms with Crippen molar-refractivity contribution in [3.05, 3.63) is 72.5 Å². The summed E-state index contributed by atoms with van der Waals surface area (Å²) in [6.45, 7) is 6.03. The topological polar surface area (TPSA) is 46.8 Å². The molecule has 128 valence electrons. The van der Waals surface area contributed by atoms with Gasteiger partial charge in [-0.2, -0.15) is 4.39 Å². The van der Waals surface area contributed by atoms with Gasteiger partial charge in [0.2, 0.25) is 5.95 Å². The monoisotopic (exact) mass is 337 g/mol. The third kappa shape index (κ3) is 2.88. The summed E-state index contributed by atoms with van der Waals surface area (Å²) in [5.74, 6) is 1.11. The van der Waals surface area contributed by atoms with Gasteiger partial charge in [-0.15, -0.1) is 0 Å². The van der Waals surface area contributed by atoms with Crippen molar-refractivity contribution in [1.82, 2.24) is 19.5 Å². The summed E-state index contributed by atoms with van der Waals surface area (Å²) in [4.78, 5) is 14.7. The van der Waals surface area contributed by atoms with Crippen molar-refractivity contribution in [3.63, 3.8) is 0 Å². The quantitative estimate of drug-likeness (QED) is 0.732. The Labute approximate surface area is 146 Å². The predicted octanol–water partition coefficient (Wildman–Crippen LogP) is 3.45. The maximum atomic E-state index is 13.1. The minimum Gasteiger partial charge on any atom is -0.344 e. The zero-order valence-corrected chi connectivity index (χ0v) is 14.3. The summed E-state index contributed by atoms with van der Waals surface area (Å²) in [5.41, 5.74) is 1.28. The van der Waals surface area contributed by atoms with Crippen LogP contribution >= 0.6 is 0 Å². The van der Waals surface area contributed by atoms with Gasteiger partial charge in [0.05, 0.1) is 18.4 Å². The molecule has 1 saturated heterocycles. The number of hydrogen-bond donors (Lipinski definition) is 0. The van der Waals surface area contributed by atoms with Gasteiger partial charge in [0.25, 0.3) is 0 Å². The van der Waals surface area contributed by atoms with E-state index in [0.29, 0.717) is 5.82 Å². The van der Waals surface area contributed by atoms with Crippen molar-refractivity contribution in [3.8, 4) is 0 Å². The molecule has 1 aromatic carbocycles. The van der Waals surface area contributed by atoms with E-state index in [1.165, 1.54) is 11.8 Å². The van der Waals surface area contributed by atoms with Crippen LogP contribution in [0.4, 0.5) is 10.2 Å². The van der Waals surface area contributed by atoms with E-state index in [1.807, 2.05) is 30.6 Å². The fourth-order valence-electron chi connectivity index (χ4n) is 3.56. The highest BCUT2D eigenvalue weighted by atomic mass is 19.1. The van der Waals surface area contributed by atoms with Crippen molar-refractivity contribution in [2.45, 2.75) is 26.4 Å². The Morgan fingerprint density at radius 2 is 1.92 bits per heavy atom. The molecule has 0 saturated carbocycles. The number of aromatic nitrogens is 4. The van der Waals surface area contributed by atoms with E-state index in [0.717, 1.165) is 25.1 Å². The molecule has 5 nitrogen and oxygen atoms in total. The highest BCUT2D eigenvalue weighted by molar-refractivity contribution is 5.45. The number of anilines is 1. The standard InChI is InChI=1S/C19H20FN5/c1-19(2)13-25(16-11-22-15(20)10-23-16)17(19)18-21-8-9-24(18)12-14-6-4-3-5-7-14/h3-11,17H,12-13H2,1-2H3. The molecule has 0 radical (unpaired) electrons. The minimum atomic E-state index is -0.564. The summed E-state index contributed by atoms with van der Waals surface area (Å²) in [6, 6.07) is 10.4. The Hall–Kier alpha value is -2.76. The Kier molecular flexibility index (Phi) is 3.75. The molecule has 1 aliphatic rings. The molecule has 0 N–H and O–H groups in total. The van der Waals surface area contributed by atoms with Crippen LogP contribution < -0.4 is 4.90 Å². The molecule has 3 heterocycles. The molecule has 1 unspecified atom stereocenters. The maximum absolute atomic E-state index is 13.1. The number of nitrogens with zero attached hydrogens (tertiary/aromatic N) is 5. The summed E-state index contributed by atoms with van der Waals surface area (Å²) in [6.07, 6.45) is 6.49. The summed E-state index contributed by atoms with van der Waals surface area (Å²) >= 11 is 0. The number of rotatable bonds is 4. The predicted molar refractivity (Wildman–Crippen MR) is 93.6 cm³/mol. The molecule has 0 amide bonds. The molecule has 25 heavy (non-hydrogen) atoms. The summed E-state index contributed by atoms with van der Waals surface area (Å²) in [7, 11) is 0. The molecule has 0 aliphatic carbocycles. The van der Waals surface area contributed by atoms with E-state index in [1.54, 1.807) is 0 Å². The molecule has 0 spiro atoms. The van der Waals surface area contributed by atoms with Crippen molar-refractivity contribution in [2.24, 2.45) is 5.41 Å². The third-order valence-electron chi connectivity index (χ3n) is 4.72. The highest BCUT2D eigenvalue weighted by Crippen LogP contribution is 2.49. The van der Waals surface area contributed by atoms with Gasteiger partial charge in [-0.1, -0.05) is 44.2 Å². The fraction of sp³-hybridized carbons (Fsp3) is 0.316. The Morgan fingerprint density at radius 1 is 1.12 bits per heavy atom. The molecular formula is C19H20FN5. The van der Waals surface area contributed by atoms with E-state index in [2.05, 4.69) is 50.4 Å². The second-order valence-corrected chi connectivity index (χ2v) is 7.12. The number of imidazole rings is 1. The first kappa shape index (κ1) is 15.7. The fourth-order valence-corrected chi connectivity index (χ4v) is 3.56. The van der Waals surface area contributed by atoms with Crippen LogP contribution in [0, 0.1) is 11.4 Å². The van der Waals surface area contributed by atoms with E-state index in [9.17, 15) is 4.39 Å². The second kappa shape index (κ2) is 5.95. The van der Waals surface area contributed by atoms with Gasteiger partial charge in [-0.05, 0) is 5.56 Å². The third-order valence-corrected chi connectivity index (χ3v) is 4.72. The first-order chi connectivity index (χ1) is 12.0. The lowest BCUT2D eigenvalue weighted by atomic mass is 9.74. The van der Waals surface area contributed by atoms with Gasteiger partial charge in [-0.25, -0.2) is 15.0 Å². The zero-order chi connectivity index (χ0) is 17.4. The van der Waals surface area contributed by atoms with Crippen LogP contribution in [0.5, 0.6) is 0 Å². The van der Waals surface area contributed by atoms with Gasteiger partial charge >= 0.3 is 0 Å². The molecule has 1 atom stereocenters. The molecule has 4 rings (SSSR count). The van der Waals surface area contributed by atoms with Crippen LogP contribution in [0.25, 0.3) is 0 Å². The highest BCUT2D eigenvalue weighted by Gasteiger charge is 2.49. The van der Waals surface area contributed by atoms with Crippen molar-refractivity contribution in [1.29, 1.82) is 0 Å². The first-order valence-corrected chi connectivity index (χ1v) is 8.34. The van der Waals surface area contributed by atoms with Crippen LogP contribution in [0.3, 0.4) is 0 Å². The average molecular weight is 337 g/mol. The molecule has 2 aromatic heterocycles. The molecule has 0 bridgehead atoms. The van der Waals surface area contributed by atoms with Crippen molar-refractivity contribution >= 4 is 5.82 Å². The molecule has 1 fully saturated rings. The van der Waals surface area contributed by atoms with E-state index in [4.69, 9.17) is 0 Å². The number of benzene rings is 1. The molecule has 1 aliphatic heterocycles. The van der Waals surface area contributed by atoms with Crippen LogP contribution in [-0.2, 0) is 6.54 Å². The number of halogens is 1. The smallest absolute Gasteiger partial charge is 0.231 e. The molecule has 3 aromatic rings. The van der Waals surface area contributed by atoms with Gasteiger partial charge < -0.3 is 9.47 Å². The van der Waals surface area contributed by atoms with E-state index in [-0.39, 0.29) is 11.5 Å². The SMILES string of the molecule is CC1(C)CN(c2cnc(F)cn2)C1c1nccn1Cc1ccccc1. The first-order valence-electron chi connectivity index (χ1n) is 8.34. The Bertz CT molecular complexity index is 857. The lowest BCUT2D eigenvalue weighted by Gasteiger charge is -2.54. The normalized spacial score (nSPS) is 18.8. The summed E-state index contributed by atoms with van der Waals surface area (Å²) in [5, 5.41) is 0. The average Bonchev–Trinajstić information content (AvgIpc) is 3.02. The summed E-state index contributed by atoms with van der Waals surface area (Å²) < 4.78 is 15.3. The van der Waals surface area contributed by atoms with Gasteiger partial charge in [0, 0.05) is 30.9 Å². The zero-order valence-electron chi connectivity index (χ0n) is 14.3. The molecular weight excluding hydrogens is 317 g/mol. The van der Waals surface area contributed by atoms with Gasteiger partial charge in [0.15, 0.2) is 0 Å². The van der Waals surface area contributed by atoms with Crippen LogP contribution in [-0.4, -0.2) is 26.1 Å². The lowest BCUT2D eigenvalue weighted by Crippen LogP contribution is -2.57. The van der Waals surface area contributed by atoms with Crippen LogP contribution in [0.2, 0.25) is 0 Å². The van der Waals surface area contributed by atoms with Crippen LogP contribution in [0.1, 0.15) is 31.3 Å². The van der Waals surface area contributed by atoms with E-state index >= 15 is 0 Å². The largest absolute Gasteiger partial charge is 0.344 e. The Balaban J connectivity index is 1.65. The number of hydrogen-bond acceptors (Lipinski definition) is 4. The van der Waals surface area contributed by atoms with Gasteiger partial charge in [0.1, 0.15) is 11.6 Å². The van der Waals surface area contributed by atoms with Crippen molar-refractivity contribution in [2.75, 3.05) is 11.4 Å². The van der Waals surface area contributed by atoms with Crippen LogP contribution in [0.15, 0.2) is 55.1 Å². The van der Waals surface area contributed by atoms with E-state index < -0.39 is 5.95 Å².